The van der Waals surface area contributed by atoms with Crippen LogP contribution < -0.4 is 29.6 Å². The molecule has 8 heteroatoms. The van der Waals surface area contributed by atoms with Crippen LogP contribution in [0.15, 0.2) is 72.4 Å². The standard InChI is InChI=1S/C25H22N2O6/c1-30-19-8-4-17(5-9-19)24(28)27-21(13-16-3-12-22-23(14-16)33-15-32-22)25(29)26-18-6-10-20(31-2)11-7-18/h3-14H,15H2,1-2H3,(H,26,29)(H,27,28)/b21-13+. The number of methoxy groups -OCH3 is 2. The van der Waals surface area contributed by atoms with Crippen molar-refractivity contribution in [2.45, 2.75) is 0 Å². The fraction of sp³-hybridized carbons (Fsp3) is 0.120. The molecule has 2 N–H and O–H groups in total. The summed E-state index contributed by atoms with van der Waals surface area (Å²) in [6.45, 7) is 0.140. The Kier molecular flexibility index (Phi) is 6.45. The lowest BCUT2D eigenvalue weighted by Gasteiger charge is -2.12. The second-order valence-corrected chi connectivity index (χ2v) is 7.04. The molecule has 1 heterocycles. The van der Waals surface area contributed by atoms with Gasteiger partial charge in [-0.05, 0) is 72.3 Å². The summed E-state index contributed by atoms with van der Waals surface area (Å²) in [6, 6.07) is 18.7. The minimum absolute atomic E-state index is 0.0606. The summed E-state index contributed by atoms with van der Waals surface area (Å²) in [6.07, 6.45) is 1.57. The van der Waals surface area contributed by atoms with E-state index in [1.807, 2.05) is 0 Å². The molecule has 0 unspecified atom stereocenters. The van der Waals surface area contributed by atoms with Crippen molar-refractivity contribution in [2.24, 2.45) is 0 Å². The molecule has 0 radical (unpaired) electrons. The van der Waals surface area contributed by atoms with Crippen molar-refractivity contribution in [3.8, 4) is 23.0 Å². The first kappa shape index (κ1) is 21.8. The molecule has 2 amide bonds. The number of benzene rings is 3. The Morgan fingerprint density at radius 2 is 1.48 bits per heavy atom. The maximum atomic E-state index is 13.1. The van der Waals surface area contributed by atoms with Gasteiger partial charge in [-0.3, -0.25) is 9.59 Å². The zero-order valence-electron chi connectivity index (χ0n) is 18.1. The summed E-state index contributed by atoms with van der Waals surface area (Å²) in [7, 11) is 3.11. The highest BCUT2D eigenvalue weighted by Crippen LogP contribution is 2.33. The average Bonchev–Trinajstić information content (AvgIpc) is 3.32. The Balaban J connectivity index is 1.60. The molecular formula is C25H22N2O6. The zero-order chi connectivity index (χ0) is 23.2. The monoisotopic (exact) mass is 446 g/mol. The van der Waals surface area contributed by atoms with Gasteiger partial charge in [-0.1, -0.05) is 6.07 Å². The minimum atomic E-state index is -0.486. The van der Waals surface area contributed by atoms with Crippen LogP contribution in [0.5, 0.6) is 23.0 Å². The van der Waals surface area contributed by atoms with Gasteiger partial charge < -0.3 is 29.6 Å². The molecule has 0 saturated heterocycles. The largest absolute Gasteiger partial charge is 0.497 e. The minimum Gasteiger partial charge on any atom is -0.497 e. The Labute approximate surface area is 190 Å². The highest BCUT2D eigenvalue weighted by Gasteiger charge is 2.17. The molecule has 0 bridgehead atoms. The summed E-state index contributed by atoms with van der Waals surface area (Å²) in [5.41, 5.74) is 1.65. The van der Waals surface area contributed by atoms with Crippen LogP contribution in [-0.2, 0) is 4.79 Å². The van der Waals surface area contributed by atoms with Gasteiger partial charge >= 0.3 is 0 Å². The smallest absolute Gasteiger partial charge is 0.272 e. The van der Waals surface area contributed by atoms with Gasteiger partial charge in [0.15, 0.2) is 11.5 Å². The van der Waals surface area contributed by atoms with E-state index >= 15 is 0 Å². The summed E-state index contributed by atoms with van der Waals surface area (Å²) in [5, 5.41) is 5.49. The second kappa shape index (κ2) is 9.78. The Hall–Kier alpha value is -4.46. The first-order chi connectivity index (χ1) is 16.1. The van der Waals surface area contributed by atoms with Crippen molar-refractivity contribution in [2.75, 3.05) is 26.3 Å². The first-order valence-corrected chi connectivity index (χ1v) is 10.1. The number of carbonyl (C=O) groups is 2. The van der Waals surface area contributed by atoms with E-state index in [1.54, 1.807) is 87.0 Å². The molecule has 0 spiro atoms. The lowest BCUT2D eigenvalue weighted by Crippen LogP contribution is -2.30. The summed E-state index contributed by atoms with van der Waals surface area (Å²) < 4.78 is 21.0. The second-order valence-electron chi connectivity index (χ2n) is 7.04. The molecule has 0 aliphatic carbocycles. The number of hydrogen-bond acceptors (Lipinski definition) is 6. The number of carbonyl (C=O) groups excluding carboxylic acids is 2. The Morgan fingerprint density at radius 1 is 0.848 bits per heavy atom. The number of fused-ring (bicyclic) bond motifs is 1. The van der Waals surface area contributed by atoms with Gasteiger partial charge in [0.2, 0.25) is 6.79 Å². The van der Waals surface area contributed by atoms with Crippen LogP contribution in [0.25, 0.3) is 6.08 Å². The number of amides is 2. The molecule has 1 aliphatic heterocycles. The van der Waals surface area contributed by atoms with E-state index in [9.17, 15) is 9.59 Å². The Morgan fingerprint density at radius 3 is 2.15 bits per heavy atom. The van der Waals surface area contributed by atoms with Gasteiger partial charge in [0.1, 0.15) is 17.2 Å². The number of hydrogen-bond donors (Lipinski definition) is 2. The van der Waals surface area contributed by atoms with Gasteiger partial charge in [-0.25, -0.2) is 0 Å². The number of nitrogens with one attached hydrogen (secondary N) is 2. The van der Waals surface area contributed by atoms with Gasteiger partial charge in [0.05, 0.1) is 14.2 Å². The average molecular weight is 446 g/mol. The van der Waals surface area contributed by atoms with Gasteiger partial charge in [0, 0.05) is 11.3 Å². The van der Waals surface area contributed by atoms with E-state index in [-0.39, 0.29) is 12.5 Å². The molecule has 3 aromatic carbocycles. The topological polar surface area (TPSA) is 95.1 Å². The van der Waals surface area contributed by atoms with Crippen molar-refractivity contribution in [3.63, 3.8) is 0 Å². The SMILES string of the molecule is COc1ccc(NC(=O)/C(=C\c2ccc3c(c2)OCO3)NC(=O)c2ccc(OC)cc2)cc1. The van der Waals surface area contributed by atoms with Crippen molar-refractivity contribution in [1.82, 2.24) is 5.32 Å². The molecule has 1 aliphatic rings. The van der Waals surface area contributed by atoms with Crippen LogP contribution >= 0.6 is 0 Å². The predicted molar refractivity (Wildman–Crippen MR) is 123 cm³/mol. The summed E-state index contributed by atoms with van der Waals surface area (Å²) >= 11 is 0. The first-order valence-electron chi connectivity index (χ1n) is 10.1. The van der Waals surface area contributed by atoms with Crippen LogP contribution in [0.1, 0.15) is 15.9 Å². The zero-order valence-corrected chi connectivity index (χ0v) is 18.1. The van der Waals surface area contributed by atoms with E-state index in [0.717, 1.165) is 0 Å². The highest BCUT2D eigenvalue weighted by molar-refractivity contribution is 6.10. The van der Waals surface area contributed by atoms with Crippen LogP contribution in [0.2, 0.25) is 0 Å². The van der Waals surface area contributed by atoms with E-state index < -0.39 is 11.8 Å². The number of rotatable bonds is 7. The molecule has 0 atom stereocenters. The molecular weight excluding hydrogens is 424 g/mol. The third kappa shape index (κ3) is 5.24. The number of anilines is 1. The molecule has 0 saturated carbocycles. The maximum absolute atomic E-state index is 13.1. The van der Waals surface area contributed by atoms with Crippen LogP contribution in [-0.4, -0.2) is 32.8 Å². The predicted octanol–water partition coefficient (Wildman–Crippen LogP) is 3.84. The molecule has 168 valence electrons. The highest BCUT2D eigenvalue weighted by atomic mass is 16.7. The number of ether oxygens (including phenoxy) is 4. The van der Waals surface area contributed by atoms with Crippen LogP contribution in [0, 0.1) is 0 Å². The fourth-order valence-corrected chi connectivity index (χ4v) is 3.14. The quantitative estimate of drug-likeness (QED) is 0.536. The van der Waals surface area contributed by atoms with Crippen molar-refractivity contribution < 1.29 is 28.5 Å². The lowest BCUT2D eigenvalue weighted by molar-refractivity contribution is -0.113. The van der Waals surface area contributed by atoms with Crippen LogP contribution in [0.4, 0.5) is 5.69 Å². The molecule has 0 fully saturated rings. The van der Waals surface area contributed by atoms with Crippen molar-refractivity contribution in [1.29, 1.82) is 0 Å². The molecule has 0 aromatic heterocycles. The normalized spacial score (nSPS) is 12.1. The fourth-order valence-electron chi connectivity index (χ4n) is 3.14. The summed E-state index contributed by atoms with van der Waals surface area (Å²) in [4.78, 5) is 25.9. The molecule has 3 aromatic rings. The third-order valence-corrected chi connectivity index (χ3v) is 4.90. The molecule has 33 heavy (non-hydrogen) atoms. The van der Waals surface area contributed by atoms with E-state index in [1.165, 1.54) is 0 Å². The van der Waals surface area contributed by atoms with E-state index in [0.29, 0.717) is 39.8 Å². The molecule has 4 rings (SSSR count). The summed E-state index contributed by atoms with van der Waals surface area (Å²) in [5.74, 6) is 1.56. The van der Waals surface area contributed by atoms with Gasteiger partial charge in [-0.2, -0.15) is 0 Å². The van der Waals surface area contributed by atoms with Crippen molar-refractivity contribution >= 4 is 23.6 Å². The third-order valence-electron chi connectivity index (χ3n) is 4.90. The van der Waals surface area contributed by atoms with Gasteiger partial charge in [0.25, 0.3) is 11.8 Å². The maximum Gasteiger partial charge on any atom is 0.272 e. The lowest BCUT2D eigenvalue weighted by atomic mass is 10.1. The molecule has 8 nitrogen and oxygen atoms in total. The van der Waals surface area contributed by atoms with E-state index in [4.69, 9.17) is 18.9 Å². The van der Waals surface area contributed by atoms with Crippen LogP contribution in [0.3, 0.4) is 0 Å². The van der Waals surface area contributed by atoms with E-state index in [2.05, 4.69) is 10.6 Å². The van der Waals surface area contributed by atoms with Crippen molar-refractivity contribution in [3.05, 3.63) is 83.6 Å². The Bertz CT molecular complexity index is 1190. The van der Waals surface area contributed by atoms with Gasteiger partial charge in [-0.15, -0.1) is 0 Å².